The summed E-state index contributed by atoms with van der Waals surface area (Å²) < 4.78 is 10.8. The molecule has 2 aromatic carbocycles. The van der Waals surface area contributed by atoms with E-state index in [9.17, 15) is 9.59 Å². The van der Waals surface area contributed by atoms with E-state index in [0.29, 0.717) is 17.9 Å². The van der Waals surface area contributed by atoms with Crippen LogP contribution in [0, 0.1) is 0 Å². The first kappa shape index (κ1) is 19.0. The Hall–Kier alpha value is -3.35. The van der Waals surface area contributed by atoms with Crippen LogP contribution in [0.4, 0.5) is 0 Å². The quantitative estimate of drug-likeness (QED) is 0.530. The molecular formula is C19H20N2O5. The molecule has 0 atom stereocenters. The number of nitrogens with one attached hydrogen (secondary N) is 1. The number of carbonyl (C=O) groups excluding carboxylic acids is 1. The second-order valence-electron chi connectivity index (χ2n) is 5.25. The zero-order valence-electron chi connectivity index (χ0n) is 14.3. The molecule has 2 rings (SSSR count). The molecule has 0 aliphatic carbocycles. The van der Waals surface area contributed by atoms with Crippen LogP contribution in [0.3, 0.4) is 0 Å². The van der Waals surface area contributed by atoms with Gasteiger partial charge >= 0.3 is 5.97 Å². The minimum atomic E-state index is -1.10. The maximum atomic E-state index is 11.9. The number of para-hydroxylation sites is 1. The molecule has 0 saturated carbocycles. The molecule has 26 heavy (non-hydrogen) atoms. The molecule has 136 valence electrons. The fraction of sp³-hybridized carbons (Fsp3) is 0.211. The number of benzene rings is 2. The zero-order chi connectivity index (χ0) is 18.8. The highest BCUT2D eigenvalue weighted by molar-refractivity contribution is 5.87. The zero-order valence-corrected chi connectivity index (χ0v) is 14.3. The summed E-state index contributed by atoms with van der Waals surface area (Å²) in [5.74, 6) is -0.692. The van der Waals surface area contributed by atoms with Crippen molar-refractivity contribution in [3.63, 3.8) is 0 Å². The van der Waals surface area contributed by atoms with Gasteiger partial charge in [0.05, 0.1) is 19.2 Å². The van der Waals surface area contributed by atoms with Crippen molar-refractivity contribution < 1.29 is 24.2 Å². The van der Waals surface area contributed by atoms with Crippen molar-refractivity contribution in [3.8, 4) is 11.5 Å². The first-order chi connectivity index (χ1) is 12.6. The number of carboxylic acid groups (broad SMARTS) is 1. The number of ether oxygens (including phenoxy) is 2. The molecule has 7 heteroatoms. The first-order valence-corrected chi connectivity index (χ1v) is 8.06. The predicted molar refractivity (Wildman–Crippen MR) is 96.6 cm³/mol. The Labute approximate surface area is 151 Å². The highest BCUT2D eigenvalue weighted by atomic mass is 16.5. The highest BCUT2D eigenvalue weighted by Crippen LogP contribution is 2.30. The molecule has 0 radical (unpaired) electrons. The fourth-order valence-electron chi connectivity index (χ4n) is 2.19. The number of aliphatic carboxylic acids is 1. The van der Waals surface area contributed by atoms with Crippen molar-refractivity contribution in [2.45, 2.75) is 13.3 Å². The van der Waals surface area contributed by atoms with E-state index >= 15 is 0 Å². The summed E-state index contributed by atoms with van der Waals surface area (Å²) in [5.41, 5.74) is 3.82. The average molecular weight is 356 g/mol. The van der Waals surface area contributed by atoms with Crippen LogP contribution in [0.1, 0.15) is 18.1 Å². The van der Waals surface area contributed by atoms with E-state index in [1.165, 1.54) is 6.21 Å². The maximum absolute atomic E-state index is 11.9. The van der Waals surface area contributed by atoms with Crippen LogP contribution in [0.15, 0.2) is 53.6 Å². The predicted octanol–water partition coefficient (Wildman–Crippen LogP) is 2.24. The minimum absolute atomic E-state index is 0.208. The molecule has 7 nitrogen and oxygen atoms in total. The lowest BCUT2D eigenvalue weighted by molar-refractivity contribution is -0.139. The van der Waals surface area contributed by atoms with Gasteiger partial charge in [-0.25, -0.2) is 10.2 Å². The largest absolute Gasteiger partial charge is 0.490 e. The average Bonchev–Trinajstić information content (AvgIpc) is 2.62. The van der Waals surface area contributed by atoms with Crippen molar-refractivity contribution in [2.24, 2.45) is 5.10 Å². The SMILES string of the molecule is CCOc1cccc(/C=N/NC(=O)Cc2ccccc2)c1OCC(=O)O. The van der Waals surface area contributed by atoms with Gasteiger partial charge in [-0.2, -0.15) is 5.10 Å². The van der Waals surface area contributed by atoms with Gasteiger partial charge in [0.1, 0.15) is 0 Å². The lowest BCUT2D eigenvalue weighted by atomic mass is 10.1. The summed E-state index contributed by atoms with van der Waals surface area (Å²) >= 11 is 0. The number of amides is 1. The van der Waals surface area contributed by atoms with Crippen molar-refractivity contribution in [3.05, 3.63) is 59.7 Å². The van der Waals surface area contributed by atoms with Crippen LogP contribution in [-0.2, 0) is 16.0 Å². The van der Waals surface area contributed by atoms with Crippen LogP contribution in [0.2, 0.25) is 0 Å². The summed E-state index contributed by atoms with van der Waals surface area (Å²) in [6.45, 7) is 1.70. The van der Waals surface area contributed by atoms with Crippen LogP contribution in [0.5, 0.6) is 11.5 Å². The van der Waals surface area contributed by atoms with Gasteiger partial charge in [0.2, 0.25) is 5.91 Å². The summed E-state index contributed by atoms with van der Waals surface area (Å²) in [6.07, 6.45) is 1.60. The summed E-state index contributed by atoms with van der Waals surface area (Å²) in [7, 11) is 0. The Morgan fingerprint density at radius 1 is 1.12 bits per heavy atom. The van der Waals surface area contributed by atoms with Crippen molar-refractivity contribution in [2.75, 3.05) is 13.2 Å². The van der Waals surface area contributed by atoms with E-state index in [1.54, 1.807) is 18.2 Å². The number of rotatable bonds is 9. The molecule has 0 aliphatic rings. The number of carboxylic acids is 1. The van der Waals surface area contributed by atoms with Gasteiger partial charge in [-0.15, -0.1) is 0 Å². The van der Waals surface area contributed by atoms with Gasteiger partial charge < -0.3 is 14.6 Å². The topological polar surface area (TPSA) is 97.2 Å². The first-order valence-electron chi connectivity index (χ1n) is 8.06. The lowest BCUT2D eigenvalue weighted by Crippen LogP contribution is -2.19. The summed E-state index contributed by atoms with van der Waals surface area (Å²) in [5, 5.41) is 12.7. The molecule has 0 unspecified atom stereocenters. The van der Waals surface area contributed by atoms with Crippen LogP contribution < -0.4 is 14.9 Å². The summed E-state index contributed by atoms with van der Waals surface area (Å²) in [4.78, 5) is 22.7. The monoisotopic (exact) mass is 356 g/mol. The van der Waals surface area contributed by atoms with Gasteiger partial charge in [-0.3, -0.25) is 4.79 Å². The number of carbonyl (C=O) groups is 2. The van der Waals surface area contributed by atoms with Gasteiger partial charge in [0, 0.05) is 5.56 Å². The molecular weight excluding hydrogens is 336 g/mol. The van der Waals surface area contributed by atoms with Crippen molar-refractivity contribution in [1.29, 1.82) is 0 Å². The molecule has 1 amide bonds. The van der Waals surface area contributed by atoms with Gasteiger partial charge in [0.25, 0.3) is 0 Å². The Balaban J connectivity index is 2.06. The lowest BCUT2D eigenvalue weighted by Gasteiger charge is -2.12. The van der Waals surface area contributed by atoms with E-state index < -0.39 is 12.6 Å². The van der Waals surface area contributed by atoms with Gasteiger partial charge in [-0.05, 0) is 24.6 Å². The number of hydrogen-bond acceptors (Lipinski definition) is 5. The van der Waals surface area contributed by atoms with Crippen LogP contribution >= 0.6 is 0 Å². The molecule has 0 heterocycles. The highest BCUT2D eigenvalue weighted by Gasteiger charge is 2.11. The molecule has 0 aromatic heterocycles. The Morgan fingerprint density at radius 3 is 2.58 bits per heavy atom. The van der Waals surface area contributed by atoms with E-state index in [0.717, 1.165) is 5.56 Å². The molecule has 0 saturated heterocycles. The van der Waals surface area contributed by atoms with E-state index in [1.807, 2.05) is 37.3 Å². The molecule has 0 spiro atoms. The van der Waals surface area contributed by atoms with Gasteiger partial charge in [0.15, 0.2) is 18.1 Å². The summed E-state index contributed by atoms with van der Waals surface area (Å²) in [6, 6.07) is 14.4. The molecule has 0 aliphatic heterocycles. The van der Waals surface area contributed by atoms with Crippen LogP contribution in [-0.4, -0.2) is 36.4 Å². The fourth-order valence-corrected chi connectivity index (χ4v) is 2.19. The van der Waals surface area contributed by atoms with E-state index in [4.69, 9.17) is 14.6 Å². The smallest absolute Gasteiger partial charge is 0.341 e. The maximum Gasteiger partial charge on any atom is 0.341 e. The number of hydrogen-bond donors (Lipinski definition) is 2. The number of nitrogens with zero attached hydrogens (tertiary/aromatic N) is 1. The number of hydrazone groups is 1. The van der Waals surface area contributed by atoms with Crippen LogP contribution in [0.25, 0.3) is 0 Å². The van der Waals surface area contributed by atoms with Crippen molar-refractivity contribution in [1.82, 2.24) is 5.43 Å². The second-order valence-corrected chi connectivity index (χ2v) is 5.25. The third-order valence-electron chi connectivity index (χ3n) is 3.25. The normalized spacial score (nSPS) is 10.5. The minimum Gasteiger partial charge on any atom is -0.490 e. The molecule has 2 aromatic rings. The molecule has 0 fully saturated rings. The molecule has 0 bridgehead atoms. The van der Waals surface area contributed by atoms with E-state index in [2.05, 4.69) is 10.5 Å². The Morgan fingerprint density at radius 2 is 1.88 bits per heavy atom. The Kier molecular flexibility index (Phi) is 7.17. The molecule has 2 N–H and O–H groups in total. The third-order valence-corrected chi connectivity index (χ3v) is 3.25. The third kappa shape index (κ3) is 5.94. The second kappa shape index (κ2) is 9.83. The standard InChI is InChI=1S/C19H20N2O5/c1-2-25-16-10-6-9-15(19(16)26-13-18(23)24)12-20-21-17(22)11-14-7-4-3-5-8-14/h3-10,12H,2,11,13H2,1H3,(H,21,22)(H,23,24)/b20-12+. The van der Waals surface area contributed by atoms with E-state index in [-0.39, 0.29) is 18.1 Å². The van der Waals surface area contributed by atoms with Gasteiger partial charge in [-0.1, -0.05) is 36.4 Å². The Bertz CT molecular complexity index is 775. The van der Waals surface area contributed by atoms with Crippen molar-refractivity contribution >= 4 is 18.1 Å².